The van der Waals surface area contributed by atoms with Crippen LogP contribution in [0.5, 0.6) is 0 Å². The van der Waals surface area contributed by atoms with Gasteiger partial charge in [0, 0.05) is 16.3 Å². The molecule has 0 aliphatic rings. The van der Waals surface area contributed by atoms with Gasteiger partial charge in [0.1, 0.15) is 17.5 Å². The van der Waals surface area contributed by atoms with Crippen molar-refractivity contribution in [3.05, 3.63) is 91.3 Å². The predicted octanol–water partition coefficient (Wildman–Crippen LogP) is 5.59. The standard InChI is InChI=1S/C26H24ClN3O4S/c1-14-9-10-20(15(2)11-14)29-23(31)22-16(3)21-24(35-22)28-13-30(25(21)32)17(4)26(33)34-12-18-7-5-6-8-19(18)27/h5-11,13,17H,12H2,1-4H3,(H,29,31). The minimum atomic E-state index is -0.909. The van der Waals surface area contributed by atoms with Gasteiger partial charge in [0.2, 0.25) is 0 Å². The van der Waals surface area contributed by atoms with Crippen LogP contribution >= 0.6 is 22.9 Å². The van der Waals surface area contributed by atoms with Gasteiger partial charge in [-0.15, -0.1) is 11.3 Å². The fourth-order valence-corrected chi connectivity index (χ4v) is 4.99. The van der Waals surface area contributed by atoms with Crippen LogP contribution in [0.2, 0.25) is 5.02 Å². The van der Waals surface area contributed by atoms with Crippen LogP contribution in [0, 0.1) is 20.8 Å². The van der Waals surface area contributed by atoms with Crippen molar-refractivity contribution in [1.29, 1.82) is 0 Å². The van der Waals surface area contributed by atoms with Gasteiger partial charge in [-0.2, -0.15) is 0 Å². The molecule has 1 amide bonds. The average molecular weight is 510 g/mol. The highest BCUT2D eigenvalue weighted by atomic mass is 35.5. The van der Waals surface area contributed by atoms with Gasteiger partial charge >= 0.3 is 5.97 Å². The van der Waals surface area contributed by atoms with Gasteiger partial charge in [-0.1, -0.05) is 47.5 Å². The van der Waals surface area contributed by atoms with Gasteiger partial charge in [0.25, 0.3) is 11.5 Å². The Hall–Kier alpha value is -3.49. The summed E-state index contributed by atoms with van der Waals surface area (Å²) in [5.41, 5.74) is 3.54. The van der Waals surface area contributed by atoms with E-state index in [4.69, 9.17) is 16.3 Å². The van der Waals surface area contributed by atoms with E-state index in [2.05, 4.69) is 10.3 Å². The van der Waals surface area contributed by atoms with Crippen LogP contribution < -0.4 is 10.9 Å². The molecule has 9 heteroatoms. The maximum atomic E-state index is 13.3. The van der Waals surface area contributed by atoms with E-state index in [0.717, 1.165) is 22.5 Å². The first-order chi connectivity index (χ1) is 16.7. The SMILES string of the molecule is Cc1ccc(NC(=O)c2sc3ncn(C(C)C(=O)OCc4ccccc4Cl)c(=O)c3c2C)c(C)c1. The van der Waals surface area contributed by atoms with Gasteiger partial charge in [-0.25, -0.2) is 9.78 Å². The molecule has 2 heterocycles. The van der Waals surface area contributed by atoms with Crippen LogP contribution in [-0.2, 0) is 16.1 Å². The fourth-order valence-electron chi connectivity index (χ4n) is 3.76. The third-order valence-corrected chi connectivity index (χ3v) is 7.37. The Kier molecular flexibility index (Phi) is 7.05. The molecule has 2 aromatic heterocycles. The van der Waals surface area contributed by atoms with E-state index in [1.165, 1.54) is 10.9 Å². The molecule has 0 saturated carbocycles. The van der Waals surface area contributed by atoms with Crippen LogP contribution in [0.1, 0.15) is 44.9 Å². The number of aryl methyl sites for hydroxylation is 3. The van der Waals surface area contributed by atoms with Crippen molar-refractivity contribution >= 4 is 50.7 Å². The highest BCUT2D eigenvalue weighted by Crippen LogP contribution is 2.29. The Bertz CT molecular complexity index is 1510. The molecule has 2 aromatic carbocycles. The van der Waals surface area contributed by atoms with Gasteiger partial charge in [0.15, 0.2) is 0 Å². The molecular weight excluding hydrogens is 486 g/mol. The fraction of sp³-hybridized carbons (Fsp3) is 0.231. The van der Waals surface area contributed by atoms with Crippen molar-refractivity contribution in [2.75, 3.05) is 5.32 Å². The molecule has 0 spiro atoms. The van der Waals surface area contributed by atoms with E-state index >= 15 is 0 Å². The largest absolute Gasteiger partial charge is 0.459 e. The maximum absolute atomic E-state index is 13.3. The summed E-state index contributed by atoms with van der Waals surface area (Å²) in [5, 5.41) is 3.73. The summed E-state index contributed by atoms with van der Waals surface area (Å²) in [6.07, 6.45) is 1.31. The summed E-state index contributed by atoms with van der Waals surface area (Å²) in [6.45, 7) is 7.18. The Morgan fingerprint density at radius 3 is 2.63 bits per heavy atom. The molecule has 7 nitrogen and oxygen atoms in total. The number of ether oxygens (including phenoxy) is 1. The Morgan fingerprint density at radius 2 is 1.91 bits per heavy atom. The number of carbonyl (C=O) groups excluding carboxylic acids is 2. The van der Waals surface area contributed by atoms with E-state index in [0.29, 0.717) is 36.9 Å². The van der Waals surface area contributed by atoms with Crippen molar-refractivity contribution in [3.63, 3.8) is 0 Å². The molecule has 0 aliphatic heterocycles. The molecule has 4 aromatic rings. The lowest BCUT2D eigenvalue weighted by Gasteiger charge is -2.14. The molecule has 180 valence electrons. The van der Waals surface area contributed by atoms with Gasteiger partial charge in [-0.3, -0.25) is 14.2 Å². The van der Waals surface area contributed by atoms with Crippen LogP contribution in [0.15, 0.2) is 53.6 Å². The Morgan fingerprint density at radius 1 is 1.17 bits per heavy atom. The number of fused-ring (bicyclic) bond motifs is 1. The molecule has 1 unspecified atom stereocenters. The maximum Gasteiger partial charge on any atom is 0.329 e. The second-order valence-electron chi connectivity index (χ2n) is 8.34. The van der Waals surface area contributed by atoms with Gasteiger partial charge in [0.05, 0.1) is 16.6 Å². The Balaban J connectivity index is 1.58. The van der Waals surface area contributed by atoms with E-state index in [-0.39, 0.29) is 12.5 Å². The first-order valence-electron chi connectivity index (χ1n) is 11.0. The third kappa shape index (κ3) is 4.99. The number of nitrogens with zero attached hydrogens (tertiary/aromatic N) is 2. The van der Waals surface area contributed by atoms with Crippen LogP contribution in [0.3, 0.4) is 0 Å². The number of benzene rings is 2. The first kappa shape index (κ1) is 24.6. The molecule has 0 bridgehead atoms. The zero-order valence-corrected chi connectivity index (χ0v) is 21.3. The molecule has 0 aliphatic carbocycles. The lowest BCUT2D eigenvalue weighted by molar-refractivity contribution is -0.148. The lowest BCUT2D eigenvalue weighted by atomic mass is 10.1. The third-order valence-electron chi connectivity index (χ3n) is 5.80. The zero-order chi connectivity index (χ0) is 25.3. The van der Waals surface area contributed by atoms with Crippen molar-refractivity contribution in [1.82, 2.24) is 9.55 Å². The van der Waals surface area contributed by atoms with Crippen LogP contribution in [0.4, 0.5) is 5.69 Å². The van der Waals surface area contributed by atoms with Crippen molar-refractivity contribution in [2.45, 2.75) is 40.3 Å². The first-order valence-corrected chi connectivity index (χ1v) is 12.2. The molecule has 1 atom stereocenters. The monoisotopic (exact) mass is 509 g/mol. The second kappa shape index (κ2) is 10.0. The number of nitrogens with one attached hydrogen (secondary N) is 1. The smallest absolute Gasteiger partial charge is 0.329 e. The molecule has 35 heavy (non-hydrogen) atoms. The number of aromatic nitrogens is 2. The zero-order valence-electron chi connectivity index (χ0n) is 19.7. The second-order valence-corrected chi connectivity index (χ2v) is 9.75. The molecule has 1 N–H and O–H groups in total. The van der Waals surface area contributed by atoms with E-state index in [1.54, 1.807) is 38.1 Å². The minimum Gasteiger partial charge on any atom is -0.459 e. The summed E-state index contributed by atoms with van der Waals surface area (Å²) in [7, 11) is 0. The van der Waals surface area contributed by atoms with Crippen LogP contribution in [0.25, 0.3) is 10.2 Å². The summed E-state index contributed by atoms with van der Waals surface area (Å²) >= 11 is 7.26. The summed E-state index contributed by atoms with van der Waals surface area (Å²) < 4.78 is 6.60. The minimum absolute atomic E-state index is 0.00645. The number of hydrogen-bond donors (Lipinski definition) is 1. The normalized spacial score (nSPS) is 11.9. The van der Waals surface area contributed by atoms with Gasteiger partial charge < -0.3 is 10.1 Å². The molecular formula is C26H24ClN3O4S. The quantitative estimate of drug-likeness (QED) is 0.342. The number of anilines is 1. The number of amides is 1. The molecule has 0 saturated heterocycles. The van der Waals surface area contributed by atoms with Crippen molar-refractivity contribution < 1.29 is 14.3 Å². The molecule has 4 rings (SSSR count). The summed E-state index contributed by atoms with van der Waals surface area (Å²) in [5.74, 6) is -0.899. The number of hydrogen-bond acceptors (Lipinski definition) is 6. The summed E-state index contributed by atoms with van der Waals surface area (Å²) in [6, 6.07) is 11.9. The van der Waals surface area contributed by atoms with E-state index < -0.39 is 17.6 Å². The number of rotatable bonds is 6. The highest BCUT2D eigenvalue weighted by Gasteiger charge is 2.24. The van der Waals surface area contributed by atoms with Crippen LogP contribution in [-0.4, -0.2) is 21.4 Å². The summed E-state index contributed by atoms with van der Waals surface area (Å²) in [4.78, 5) is 44.1. The average Bonchev–Trinajstić information content (AvgIpc) is 3.17. The van der Waals surface area contributed by atoms with E-state index in [1.807, 2.05) is 32.0 Å². The predicted molar refractivity (Wildman–Crippen MR) is 138 cm³/mol. The Labute approximate surface area is 211 Å². The number of esters is 1. The van der Waals surface area contributed by atoms with Crippen molar-refractivity contribution in [2.24, 2.45) is 0 Å². The number of thiophene rings is 1. The topological polar surface area (TPSA) is 90.3 Å². The number of halogens is 1. The molecule has 0 radical (unpaired) electrons. The highest BCUT2D eigenvalue weighted by molar-refractivity contribution is 7.20. The number of carbonyl (C=O) groups is 2. The lowest BCUT2D eigenvalue weighted by Crippen LogP contribution is -2.29. The molecule has 0 fully saturated rings. The van der Waals surface area contributed by atoms with Gasteiger partial charge in [-0.05, 0) is 51.0 Å². The van der Waals surface area contributed by atoms with Crippen molar-refractivity contribution in [3.8, 4) is 0 Å². The van der Waals surface area contributed by atoms with E-state index in [9.17, 15) is 14.4 Å².